The summed E-state index contributed by atoms with van der Waals surface area (Å²) in [7, 11) is 0. The van der Waals surface area contributed by atoms with Crippen LogP contribution in [0.3, 0.4) is 0 Å². The van der Waals surface area contributed by atoms with Crippen LogP contribution in [0.15, 0.2) is 16.8 Å². The fourth-order valence-corrected chi connectivity index (χ4v) is 2.63. The van der Waals surface area contributed by atoms with E-state index in [1.54, 1.807) is 11.8 Å². The van der Waals surface area contributed by atoms with Gasteiger partial charge < -0.3 is 15.7 Å². The van der Waals surface area contributed by atoms with Gasteiger partial charge in [-0.2, -0.15) is 23.1 Å². The Morgan fingerprint density at radius 2 is 2.41 bits per heavy atom. The SMILES string of the molecule is CSCC(C)NC(=O)NCC(O)c1ccsc1. The number of carbonyl (C=O) groups is 1. The highest BCUT2D eigenvalue weighted by Crippen LogP contribution is 2.14. The molecule has 0 bridgehead atoms. The number of rotatable bonds is 6. The molecule has 3 N–H and O–H groups in total. The third kappa shape index (κ3) is 5.43. The van der Waals surface area contributed by atoms with Crippen LogP contribution in [0.2, 0.25) is 0 Å². The Hall–Kier alpha value is -0.720. The molecule has 2 atom stereocenters. The zero-order valence-electron chi connectivity index (χ0n) is 9.97. The molecular formula is C11H18N2O2S2. The lowest BCUT2D eigenvalue weighted by Crippen LogP contribution is -2.43. The summed E-state index contributed by atoms with van der Waals surface area (Å²) in [6.45, 7) is 2.18. The second-order valence-corrected chi connectivity index (χ2v) is 5.47. The van der Waals surface area contributed by atoms with Gasteiger partial charge in [0.25, 0.3) is 0 Å². The van der Waals surface area contributed by atoms with Crippen molar-refractivity contribution < 1.29 is 9.90 Å². The number of aliphatic hydroxyl groups is 1. The average molecular weight is 274 g/mol. The summed E-state index contributed by atoms with van der Waals surface area (Å²) in [6, 6.07) is 1.75. The van der Waals surface area contributed by atoms with Gasteiger partial charge in [-0.05, 0) is 35.6 Å². The molecule has 0 saturated heterocycles. The molecule has 0 aromatic carbocycles. The molecule has 17 heavy (non-hydrogen) atoms. The van der Waals surface area contributed by atoms with Gasteiger partial charge in [0.1, 0.15) is 0 Å². The maximum Gasteiger partial charge on any atom is 0.315 e. The number of nitrogens with one attached hydrogen (secondary N) is 2. The number of hydrogen-bond donors (Lipinski definition) is 3. The lowest BCUT2D eigenvalue weighted by molar-refractivity contribution is 0.173. The van der Waals surface area contributed by atoms with E-state index in [1.165, 1.54) is 11.3 Å². The van der Waals surface area contributed by atoms with Crippen molar-refractivity contribution in [2.24, 2.45) is 0 Å². The molecule has 0 saturated carbocycles. The van der Waals surface area contributed by atoms with E-state index in [4.69, 9.17) is 0 Å². The summed E-state index contributed by atoms with van der Waals surface area (Å²) in [5.74, 6) is 0.876. The minimum Gasteiger partial charge on any atom is -0.387 e. The van der Waals surface area contributed by atoms with Crippen molar-refractivity contribution in [2.45, 2.75) is 19.1 Å². The second kappa shape index (κ2) is 7.58. The van der Waals surface area contributed by atoms with Crippen LogP contribution in [0.1, 0.15) is 18.6 Å². The summed E-state index contributed by atoms with van der Waals surface area (Å²) in [5.41, 5.74) is 0.840. The van der Waals surface area contributed by atoms with Crippen LogP contribution in [0.25, 0.3) is 0 Å². The molecule has 2 amide bonds. The highest BCUT2D eigenvalue weighted by Gasteiger charge is 2.10. The molecule has 0 fully saturated rings. The van der Waals surface area contributed by atoms with Gasteiger partial charge in [-0.15, -0.1) is 0 Å². The van der Waals surface area contributed by atoms with Gasteiger partial charge in [0.05, 0.1) is 6.10 Å². The Morgan fingerprint density at radius 1 is 1.65 bits per heavy atom. The number of thioether (sulfide) groups is 1. The van der Waals surface area contributed by atoms with Gasteiger partial charge >= 0.3 is 6.03 Å². The van der Waals surface area contributed by atoms with Crippen LogP contribution >= 0.6 is 23.1 Å². The van der Waals surface area contributed by atoms with Crippen LogP contribution in [-0.2, 0) is 0 Å². The fraction of sp³-hybridized carbons (Fsp3) is 0.545. The monoisotopic (exact) mass is 274 g/mol. The lowest BCUT2D eigenvalue weighted by Gasteiger charge is -2.15. The van der Waals surface area contributed by atoms with Gasteiger partial charge in [-0.3, -0.25) is 0 Å². The molecule has 96 valence electrons. The molecule has 1 rings (SSSR count). The summed E-state index contributed by atoms with van der Waals surface area (Å²) < 4.78 is 0. The summed E-state index contributed by atoms with van der Waals surface area (Å²) in [4.78, 5) is 11.5. The van der Waals surface area contributed by atoms with E-state index < -0.39 is 6.10 Å². The van der Waals surface area contributed by atoms with Crippen molar-refractivity contribution in [3.8, 4) is 0 Å². The Kier molecular flexibility index (Phi) is 6.39. The van der Waals surface area contributed by atoms with E-state index >= 15 is 0 Å². The molecule has 0 aliphatic heterocycles. The number of thiophene rings is 1. The van der Waals surface area contributed by atoms with Crippen molar-refractivity contribution in [1.82, 2.24) is 10.6 Å². The van der Waals surface area contributed by atoms with Crippen molar-refractivity contribution >= 4 is 29.1 Å². The molecule has 1 aromatic rings. The number of urea groups is 1. The van der Waals surface area contributed by atoms with Crippen LogP contribution < -0.4 is 10.6 Å². The minimum absolute atomic E-state index is 0.128. The molecule has 1 aromatic heterocycles. The standard InChI is InChI=1S/C11H18N2O2S2/c1-8(6-16-2)13-11(15)12-5-10(14)9-3-4-17-7-9/h3-4,7-8,10,14H,5-6H2,1-2H3,(H2,12,13,15). The largest absolute Gasteiger partial charge is 0.387 e. The molecule has 0 aliphatic carbocycles. The van der Waals surface area contributed by atoms with Crippen molar-refractivity contribution in [2.75, 3.05) is 18.6 Å². The van der Waals surface area contributed by atoms with E-state index in [0.717, 1.165) is 11.3 Å². The predicted molar refractivity (Wildman–Crippen MR) is 73.7 cm³/mol. The zero-order valence-corrected chi connectivity index (χ0v) is 11.6. The van der Waals surface area contributed by atoms with Crippen LogP contribution in [-0.4, -0.2) is 35.7 Å². The van der Waals surface area contributed by atoms with Crippen LogP contribution in [0.4, 0.5) is 4.79 Å². The number of carbonyl (C=O) groups excluding carboxylic acids is 1. The first-order chi connectivity index (χ1) is 8.13. The quantitative estimate of drug-likeness (QED) is 0.741. The van der Waals surface area contributed by atoms with E-state index in [9.17, 15) is 9.90 Å². The number of amides is 2. The maximum absolute atomic E-state index is 11.5. The van der Waals surface area contributed by atoms with Gasteiger partial charge in [0.2, 0.25) is 0 Å². The Labute approximate surface area is 110 Å². The minimum atomic E-state index is -0.636. The maximum atomic E-state index is 11.5. The van der Waals surface area contributed by atoms with Gasteiger partial charge in [0.15, 0.2) is 0 Å². The number of aliphatic hydroxyl groups excluding tert-OH is 1. The third-order valence-electron chi connectivity index (χ3n) is 2.18. The molecule has 0 radical (unpaired) electrons. The van der Waals surface area contributed by atoms with Gasteiger partial charge in [0, 0.05) is 18.3 Å². The van der Waals surface area contributed by atoms with Gasteiger partial charge in [-0.25, -0.2) is 4.79 Å². The molecule has 6 heteroatoms. The van der Waals surface area contributed by atoms with Crippen LogP contribution in [0.5, 0.6) is 0 Å². The van der Waals surface area contributed by atoms with Crippen LogP contribution in [0, 0.1) is 0 Å². The smallest absolute Gasteiger partial charge is 0.315 e. The molecular weight excluding hydrogens is 256 g/mol. The molecule has 0 spiro atoms. The Bertz CT molecular complexity index is 330. The summed E-state index contributed by atoms with van der Waals surface area (Å²) in [6.07, 6.45) is 1.36. The van der Waals surface area contributed by atoms with Gasteiger partial charge in [-0.1, -0.05) is 0 Å². The normalized spacial score (nSPS) is 14.1. The van der Waals surface area contributed by atoms with E-state index in [2.05, 4.69) is 10.6 Å². The summed E-state index contributed by atoms with van der Waals surface area (Å²) >= 11 is 3.21. The van der Waals surface area contributed by atoms with E-state index in [-0.39, 0.29) is 18.6 Å². The highest BCUT2D eigenvalue weighted by atomic mass is 32.2. The molecule has 2 unspecified atom stereocenters. The average Bonchev–Trinajstić information content (AvgIpc) is 2.79. The third-order valence-corrected chi connectivity index (χ3v) is 3.71. The Balaban J connectivity index is 2.24. The predicted octanol–water partition coefficient (Wildman–Crippen LogP) is 1.83. The molecule has 4 nitrogen and oxygen atoms in total. The second-order valence-electron chi connectivity index (χ2n) is 3.78. The van der Waals surface area contributed by atoms with Crippen molar-refractivity contribution in [1.29, 1.82) is 0 Å². The first-order valence-electron chi connectivity index (χ1n) is 5.37. The first kappa shape index (κ1) is 14.3. The topological polar surface area (TPSA) is 61.4 Å². The zero-order chi connectivity index (χ0) is 12.7. The molecule has 0 aliphatic rings. The highest BCUT2D eigenvalue weighted by molar-refractivity contribution is 7.98. The lowest BCUT2D eigenvalue weighted by atomic mass is 10.2. The molecule has 1 heterocycles. The van der Waals surface area contributed by atoms with E-state index in [1.807, 2.05) is 30.0 Å². The van der Waals surface area contributed by atoms with Crippen molar-refractivity contribution in [3.05, 3.63) is 22.4 Å². The van der Waals surface area contributed by atoms with Crippen molar-refractivity contribution in [3.63, 3.8) is 0 Å². The fourth-order valence-electron chi connectivity index (χ4n) is 1.34. The first-order valence-corrected chi connectivity index (χ1v) is 7.70. The summed E-state index contributed by atoms with van der Waals surface area (Å²) in [5, 5.41) is 19.0. The number of hydrogen-bond acceptors (Lipinski definition) is 4. The Morgan fingerprint density at radius 3 is 3.00 bits per heavy atom. The van der Waals surface area contributed by atoms with E-state index in [0.29, 0.717) is 0 Å².